The van der Waals surface area contributed by atoms with Crippen LogP contribution in [-0.2, 0) is 4.79 Å². The van der Waals surface area contributed by atoms with Gasteiger partial charge < -0.3 is 25.8 Å². The molecular formula is C28H25ClFN5O3. The van der Waals surface area contributed by atoms with Crippen molar-refractivity contribution in [2.75, 3.05) is 29.0 Å². The molecule has 0 aliphatic carbocycles. The maximum absolute atomic E-state index is 14.0. The fourth-order valence-corrected chi connectivity index (χ4v) is 4.68. The van der Waals surface area contributed by atoms with Crippen LogP contribution < -0.4 is 16.0 Å². The third-order valence-electron chi connectivity index (χ3n) is 6.56. The molecule has 4 N–H and O–H groups in total. The van der Waals surface area contributed by atoms with Crippen LogP contribution in [0.5, 0.6) is 0 Å². The number of amides is 4. The highest BCUT2D eigenvalue weighted by molar-refractivity contribution is 6.31. The first-order chi connectivity index (χ1) is 18.4. The van der Waals surface area contributed by atoms with Crippen molar-refractivity contribution in [1.29, 1.82) is 0 Å². The number of carbonyl (C=O) groups excluding carboxylic acids is 3. The Labute approximate surface area is 223 Å². The lowest BCUT2D eigenvalue weighted by Gasteiger charge is -2.31. The van der Waals surface area contributed by atoms with E-state index in [1.807, 2.05) is 6.07 Å². The number of hydrogen-bond donors (Lipinski definition) is 4. The van der Waals surface area contributed by atoms with Crippen LogP contribution in [0.25, 0.3) is 10.9 Å². The standard InChI is InChI=1S/C28H25ClFN5O3/c29-18-5-10-24-22(15-18)25(16-31-24)34-28(38)33-20-8-6-19(7-9-20)32-26(36)17-11-13-35(14-12-17)27(37)21-3-1-2-4-23(21)30/h1-10,15-17,31H,11-14H2,(H,32,36)(H2,33,34,38). The van der Waals surface area contributed by atoms with Gasteiger partial charge in [0.05, 0.1) is 11.3 Å². The summed E-state index contributed by atoms with van der Waals surface area (Å²) in [4.78, 5) is 42.5. The normalized spacial score (nSPS) is 13.8. The van der Waals surface area contributed by atoms with Gasteiger partial charge >= 0.3 is 6.03 Å². The quantitative estimate of drug-likeness (QED) is 0.249. The zero-order valence-electron chi connectivity index (χ0n) is 20.3. The van der Waals surface area contributed by atoms with Gasteiger partial charge in [0.2, 0.25) is 5.91 Å². The summed E-state index contributed by atoms with van der Waals surface area (Å²) in [6.07, 6.45) is 2.68. The van der Waals surface area contributed by atoms with E-state index >= 15 is 0 Å². The maximum Gasteiger partial charge on any atom is 0.323 e. The molecule has 0 spiro atoms. The number of fused-ring (bicyclic) bond motifs is 1. The molecule has 8 nitrogen and oxygen atoms in total. The third-order valence-corrected chi connectivity index (χ3v) is 6.79. The highest BCUT2D eigenvalue weighted by Gasteiger charge is 2.28. The molecule has 2 heterocycles. The van der Waals surface area contributed by atoms with Crippen molar-refractivity contribution in [1.82, 2.24) is 9.88 Å². The second kappa shape index (κ2) is 10.9. The number of nitrogens with one attached hydrogen (secondary N) is 4. The highest BCUT2D eigenvalue weighted by Crippen LogP contribution is 2.27. The Morgan fingerprint density at radius 3 is 2.29 bits per heavy atom. The number of urea groups is 1. The molecule has 0 unspecified atom stereocenters. The predicted octanol–water partition coefficient (Wildman–Crippen LogP) is 6.10. The third kappa shape index (κ3) is 5.63. The number of likely N-dealkylation sites (tertiary alicyclic amines) is 1. The van der Waals surface area contributed by atoms with Gasteiger partial charge in [-0.05, 0) is 67.4 Å². The zero-order valence-corrected chi connectivity index (χ0v) is 21.0. The van der Waals surface area contributed by atoms with Gasteiger partial charge in [0, 0.05) is 52.5 Å². The van der Waals surface area contributed by atoms with Crippen LogP contribution in [-0.4, -0.2) is 40.8 Å². The first kappa shape index (κ1) is 25.3. The van der Waals surface area contributed by atoms with Gasteiger partial charge in [0.15, 0.2) is 0 Å². The molecule has 0 atom stereocenters. The van der Waals surface area contributed by atoms with Gasteiger partial charge in [-0.15, -0.1) is 0 Å². The zero-order chi connectivity index (χ0) is 26.6. The van der Waals surface area contributed by atoms with E-state index in [2.05, 4.69) is 20.9 Å². The van der Waals surface area contributed by atoms with Crippen LogP contribution in [0.3, 0.4) is 0 Å². The number of benzene rings is 3. The molecule has 0 radical (unpaired) electrons. The minimum Gasteiger partial charge on any atom is -0.359 e. The molecular weight excluding hydrogens is 509 g/mol. The van der Waals surface area contributed by atoms with Gasteiger partial charge in [-0.1, -0.05) is 23.7 Å². The lowest BCUT2D eigenvalue weighted by atomic mass is 9.95. The average Bonchev–Trinajstić information content (AvgIpc) is 3.31. The van der Waals surface area contributed by atoms with E-state index in [9.17, 15) is 18.8 Å². The monoisotopic (exact) mass is 533 g/mol. The van der Waals surface area contributed by atoms with E-state index in [1.54, 1.807) is 59.6 Å². The summed E-state index contributed by atoms with van der Waals surface area (Å²) in [5.41, 5.74) is 2.65. The highest BCUT2D eigenvalue weighted by atomic mass is 35.5. The smallest absolute Gasteiger partial charge is 0.323 e. The minimum absolute atomic E-state index is 0.0450. The molecule has 38 heavy (non-hydrogen) atoms. The molecule has 5 rings (SSSR count). The van der Waals surface area contributed by atoms with Gasteiger partial charge in [-0.2, -0.15) is 0 Å². The number of nitrogens with zero attached hydrogens (tertiary/aromatic N) is 1. The molecule has 1 aliphatic heterocycles. The first-order valence-electron chi connectivity index (χ1n) is 12.2. The van der Waals surface area contributed by atoms with Crippen molar-refractivity contribution in [3.63, 3.8) is 0 Å². The number of piperidine rings is 1. The molecule has 0 bridgehead atoms. The van der Waals surface area contributed by atoms with Crippen LogP contribution in [0.15, 0.2) is 72.9 Å². The van der Waals surface area contributed by atoms with Crippen molar-refractivity contribution in [3.8, 4) is 0 Å². The number of anilines is 3. The van der Waals surface area contributed by atoms with E-state index < -0.39 is 11.8 Å². The topological polar surface area (TPSA) is 106 Å². The van der Waals surface area contributed by atoms with E-state index in [0.717, 1.165) is 10.9 Å². The molecule has 1 aliphatic rings. The second-order valence-electron chi connectivity index (χ2n) is 9.08. The Morgan fingerprint density at radius 1 is 0.895 bits per heavy atom. The summed E-state index contributed by atoms with van der Waals surface area (Å²) in [5, 5.41) is 9.82. The second-order valence-corrected chi connectivity index (χ2v) is 9.52. The number of aromatic amines is 1. The molecule has 3 aromatic carbocycles. The lowest BCUT2D eigenvalue weighted by Crippen LogP contribution is -2.41. The van der Waals surface area contributed by atoms with Crippen molar-refractivity contribution in [2.45, 2.75) is 12.8 Å². The Kier molecular flexibility index (Phi) is 7.28. The van der Waals surface area contributed by atoms with Crippen LogP contribution in [0.4, 0.5) is 26.2 Å². The number of carbonyl (C=O) groups is 3. The number of H-pyrrole nitrogens is 1. The van der Waals surface area contributed by atoms with Gasteiger partial charge in [-0.3, -0.25) is 9.59 Å². The number of aromatic nitrogens is 1. The summed E-state index contributed by atoms with van der Waals surface area (Å²) in [6.45, 7) is 0.762. The number of hydrogen-bond acceptors (Lipinski definition) is 3. The Bertz CT molecular complexity index is 1500. The van der Waals surface area contributed by atoms with Crippen LogP contribution in [0.2, 0.25) is 5.02 Å². The average molecular weight is 534 g/mol. The summed E-state index contributed by atoms with van der Waals surface area (Å²) < 4.78 is 14.0. The predicted molar refractivity (Wildman–Crippen MR) is 146 cm³/mol. The Morgan fingerprint density at radius 2 is 1.58 bits per heavy atom. The lowest BCUT2D eigenvalue weighted by molar-refractivity contribution is -0.121. The number of halogens is 2. The van der Waals surface area contributed by atoms with Crippen molar-refractivity contribution in [2.24, 2.45) is 5.92 Å². The molecule has 0 saturated carbocycles. The molecule has 1 aromatic heterocycles. The Balaban J connectivity index is 1.11. The largest absolute Gasteiger partial charge is 0.359 e. The van der Waals surface area contributed by atoms with Crippen LogP contribution >= 0.6 is 11.6 Å². The van der Waals surface area contributed by atoms with Crippen molar-refractivity contribution < 1.29 is 18.8 Å². The van der Waals surface area contributed by atoms with Crippen molar-refractivity contribution >= 4 is 57.4 Å². The van der Waals surface area contributed by atoms with Gasteiger partial charge in [0.1, 0.15) is 5.82 Å². The molecule has 1 saturated heterocycles. The van der Waals surface area contributed by atoms with Crippen LogP contribution in [0, 0.1) is 11.7 Å². The summed E-state index contributed by atoms with van der Waals surface area (Å²) in [6, 6.07) is 17.7. The molecule has 194 valence electrons. The maximum atomic E-state index is 14.0. The summed E-state index contributed by atoms with van der Waals surface area (Å²) in [5.74, 6) is -1.30. The first-order valence-corrected chi connectivity index (χ1v) is 12.5. The fraction of sp³-hybridized carbons (Fsp3) is 0.179. The molecule has 10 heteroatoms. The van der Waals surface area contributed by atoms with E-state index in [1.165, 1.54) is 12.1 Å². The number of rotatable bonds is 5. The van der Waals surface area contributed by atoms with Crippen LogP contribution in [0.1, 0.15) is 23.2 Å². The van der Waals surface area contributed by atoms with E-state index in [-0.39, 0.29) is 23.3 Å². The summed E-state index contributed by atoms with van der Waals surface area (Å²) >= 11 is 6.06. The van der Waals surface area contributed by atoms with Gasteiger partial charge in [-0.25, -0.2) is 9.18 Å². The van der Waals surface area contributed by atoms with Crippen molar-refractivity contribution in [3.05, 3.63) is 89.3 Å². The SMILES string of the molecule is O=C(Nc1ccc(NC(=O)C2CCN(C(=O)c3ccccc3F)CC2)cc1)Nc1c[nH]c2ccc(Cl)cc12. The minimum atomic E-state index is -0.546. The summed E-state index contributed by atoms with van der Waals surface area (Å²) in [7, 11) is 0. The molecule has 4 amide bonds. The fourth-order valence-electron chi connectivity index (χ4n) is 4.51. The molecule has 1 fully saturated rings. The Hall–Kier alpha value is -4.37. The molecule has 4 aromatic rings. The van der Waals surface area contributed by atoms with E-state index in [0.29, 0.717) is 48.0 Å². The van der Waals surface area contributed by atoms with E-state index in [4.69, 9.17) is 11.6 Å². The van der Waals surface area contributed by atoms with Gasteiger partial charge in [0.25, 0.3) is 5.91 Å².